The van der Waals surface area contributed by atoms with Crippen LogP contribution in [0.5, 0.6) is 11.5 Å². The van der Waals surface area contributed by atoms with Gasteiger partial charge >= 0.3 is 0 Å². The number of amidine groups is 1. The van der Waals surface area contributed by atoms with Gasteiger partial charge in [0.15, 0.2) is 12.1 Å². The summed E-state index contributed by atoms with van der Waals surface area (Å²) >= 11 is 0. The first-order valence-corrected chi connectivity index (χ1v) is 9.59. The zero-order chi connectivity index (χ0) is 18.9. The number of aromatic nitrogens is 1. The van der Waals surface area contributed by atoms with Gasteiger partial charge in [-0.15, -0.1) is 0 Å². The van der Waals surface area contributed by atoms with E-state index in [2.05, 4.69) is 20.9 Å². The molecule has 3 aromatic rings. The second kappa shape index (κ2) is 7.13. The molecule has 5 rings (SSSR count). The predicted octanol–water partition coefficient (Wildman–Crippen LogP) is 3.98. The fourth-order valence-corrected chi connectivity index (χ4v) is 3.72. The van der Waals surface area contributed by atoms with E-state index in [4.69, 9.17) is 14.1 Å². The molecule has 0 spiro atoms. The number of para-hydroxylation sites is 3. The number of aliphatic imine (C=N–C) groups is 1. The second-order valence-electron chi connectivity index (χ2n) is 7.12. The lowest BCUT2D eigenvalue weighted by atomic mass is 10.1. The third-order valence-corrected chi connectivity index (χ3v) is 5.33. The predicted molar refractivity (Wildman–Crippen MR) is 107 cm³/mol. The molecule has 0 atom stereocenters. The Morgan fingerprint density at radius 1 is 0.929 bits per heavy atom. The van der Waals surface area contributed by atoms with Crippen LogP contribution < -0.4 is 4.74 Å². The molecule has 1 fully saturated rings. The van der Waals surface area contributed by atoms with E-state index < -0.39 is 0 Å². The van der Waals surface area contributed by atoms with Crippen molar-refractivity contribution in [2.24, 2.45) is 4.99 Å². The maximum Gasteiger partial charge on any atom is 0.181 e. The monoisotopic (exact) mass is 374 g/mol. The highest BCUT2D eigenvalue weighted by Crippen LogP contribution is 2.37. The Hall–Kier alpha value is -3.12. The molecule has 6 nitrogen and oxygen atoms in total. The van der Waals surface area contributed by atoms with Gasteiger partial charge in [-0.2, -0.15) is 0 Å². The average molecular weight is 374 g/mol. The number of fused-ring (bicyclic) bond motifs is 2. The van der Waals surface area contributed by atoms with Crippen molar-refractivity contribution in [1.82, 2.24) is 14.8 Å². The van der Waals surface area contributed by atoms with Crippen LogP contribution in [0.2, 0.25) is 0 Å². The zero-order valence-electron chi connectivity index (χ0n) is 15.8. The van der Waals surface area contributed by atoms with Crippen LogP contribution in [0, 0.1) is 6.92 Å². The van der Waals surface area contributed by atoms with Crippen molar-refractivity contribution in [2.45, 2.75) is 13.5 Å². The Morgan fingerprint density at radius 3 is 2.46 bits per heavy atom. The lowest BCUT2D eigenvalue weighted by molar-refractivity contribution is 0.173. The minimum Gasteiger partial charge on any atom is -0.454 e. The van der Waals surface area contributed by atoms with E-state index in [1.54, 1.807) is 0 Å². The van der Waals surface area contributed by atoms with Gasteiger partial charge in [-0.3, -0.25) is 4.90 Å². The topological polar surface area (TPSA) is 54.1 Å². The third kappa shape index (κ3) is 3.16. The van der Waals surface area contributed by atoms with E-state index in [1.165, 1.54) is 6.39 Å². The average Bonchev–Trinajstić information content (AvgIpc) is 3.04. The molecule has 2 aliphatic heterocycles. The zero-order valence-corrected chi connectivity index (χ0v) is 15.8. The molecule has 0 bridgehead atoms. The second-order valence-corrected chi connectivity index (χ2v) is 7.12. The summed E-state index contributed by atoms with van der Waals surface area (Å²) in [6.07, 6.45) is 1.52. The van der Waals surface area contributed by atoms with Crippen LogP contribution in [-0.4, -0.2) is 46.8 Å². The summed E-state index contributed by atoms with van der Waals surface area (Å²) in [5.41, 5.74) is 2.93. The fourth-order valence-electron chi connectivity index (χ4n) is 3.72. The van der Waals surface area contributed by atoms with Crippen molar-refractivity contribution in [3.8, 4) is 11.5 Å². The van der Waals surface area contributed by atoms with Crippen molar-refractivity contribution >= 4 is 11.5 Å². The summed E-state index contributed by atoms with van der Waals surface area (Å²) in [5.74, 6) is 3.54. The summed E-state index contributed by atoms with van der Waals surface area (Å²) in [7, 11) is 0. The SMILES string of the molecule is Cc1ocnc1CN1CCN(C2=Nc3ccccc3Oc3ccccc32)CC1. The molecule has 28 heavy (non-hydrogen) atoms. The van der Waals surface area contributed by atoms with E-state index in [1.807, 2.05) is 49.4 Å². The molecule has 2 aromatic carbocycles. The number of rotatable bonds is 2. The number of oxazole rings is 1. The maximum atomic E-state index is 6.16. The minimum atomic E-state index is 0.796. The van der Waals surface area contributed by atoms with Crippen LogP contribution in [0.3, 0.4) is 0 Å². The van der Waals surface area contributed by atoms with E-state index in [9.17, 15) is 0 Å². The van der Waals surface area contributed by atoms with E-state index in [0.29, 0.717) is 0 Å². The molecule has 6 heteroatoms. The first kappa shape index (κ1) is 17.0. The van der Waals surface area contributed by atoms with Gasteiger partial charge in [0.2, 0.25) is 0 Å². The van der Waals surface area contributed by atoms with Gasteiger partial charge in [-0.05, 0) is 31.2 Å². The molecule has 0 unspecified atom stereocenters. The lowest BCUT2D eigenvalue weighted by Crippen LogP contribution is -2.48. The number of piperazine rings is 1. The largest absolute Gasteiger partial charge is 0.454 e. The fraction of sp³-hybridized carbons (Fsp3) is 0.273. The minimum absolute atomic E-state index is 0.796. The van der Waals surface area contributed by atoms with Gasteiger partial charge < -0.3 is 14.1 Å². The highest BCUT2D eigenvalue weighted by molar-refractivity contribution is 6.03. The quantitative estimate of drug-likeness (QED) is 0.679. The molecule has 0 N–H and O–H groups in total. The van der Waals surface area contributed by atoms with Crippen molar-refractivity contribution in [3.05, 3.63) is 71.9 Å². The molecule has 1 aromatic heterocycles. The molecule has 0 amide bonds. The molecule has 0 radical (unpaired) electrons. The van der Waals surface area contributed by atoms with Gasteiger partial charge in [-0.25, -0.2) is 9.98 Å². The Kier molecular flexibility index (Phi) is 4.33. The van der Waals surface area contributed by atoms with Crippen molar-refractivity contribution in [1.29, 1.82) is 0 Å². The number of aryl methyl sites for hydroxylation is 1. The molecule has 1 saturated heterocycles. The van der Waals surface area contributed by atoms with Crippen molar-refractivity contribution in [3.63, 3.8) is 0 Å². The lowest BCUT2D eigenvalue weighted by Gasteiger charge is -2.36. The number of benzene rings is 2. The normalized spacial score (nSPS) is 16.6. The molecule has 142 valence electrons. The van der Waals surface area contributed by atoms with E-state index in [0.717, 1.165) is 72.8 Å². The highest BCUT2D eigenvalue weighted by Gasteiger charge is 2.26. The standard InChI is InChI=1S/C22H22N4O2/c1-16-19(23-15-27-16)14-25-10-12-26(13-11-25)22-17-6-2-4-8-20(17)28-21-9-5-3-7-18(21)24-22/h2-9,15H,10-14H2,1H3. The van der Waals surface area contributed by atoms with Gasteiger partial charge in [0, 0.05) is 32.7 Å². The first-order valence-electron chi connectivity index (χ1n) is 9.59. The molecule has 3 heterocycles. The van der Waals surface area contributed by atoms with Crippen LogP contribution in [0.25, 0.3) is 0 Å². The van der Waals surface area contributed by atoms with E-state index in [-0.39, 0.29) is 0 Å². The molecule has 0 saturated carbocycles. The van der Waals surface area contributed by atoms with Crippen molar-refractivity contribution < 1.29 is 9.15 Å². The third-order valence-electron chi connectivity index (χ3n) is 5.33. The first-order chi connectivity index (χ1) is 13.8. The van der Waals surface area contributed by atoms with Gasteiger partial charge in [0.05, 0.1) is 11.3 Å². The Bertz CT molecular complexity index is 1020. The Morgan fingerprint density at radius 2 is 1.68 bits per heavy atom. The smallest absolute Gasteiger partial charge is 0.181 e. The summed E-state index contributed by atoms with van der Waals surface area (Å²) in [6, 6.07) is 16.1. The van der Waals surface area contributed by atoms with Crippen LogP contribution in [-0.2, 0) is 6.54 Å². The molecular formula is C22H22N4O2. The highest BCUT2D eigenvalue weighted by atomic mass is 16.5. The summed E-state index contributed by atoms with van der Waals surface area (Å²) in [6.45, 7) is 6.52. The van der Waals surface area contributed by atoms with Gasteiger partial charge in [0.25, 0.3) is 0 Å². The maximum absolute atomic E-state index is 6.16. The van der Waals surface area contributed by atoms with E-state index >= 15 is 0 Å². The van der Waals surface area contributed by atoms with Gasteiger partial charge in [0.1, 0.15) is 23.0 Å². The number of hydrogen-bond donors (Lipinski definition) is 0. The Balaban J connectivity index is 1.40. The molecule has 2 aliphatic rings. The number of nitrogens with zero attached hydrogens (tertiary/aromatic N) is 4. The van der Waals surface area contributed by atoms with Crippen LogP contribution in [0.15, 0.2) is 64.3 Å². The number of ether oxygens (including phenoxy) is 1. The van der Waals surface area contributed by atoms with Crippen LogP contribution in [0.1, 0.15) is 17.0 Å². The number of hydrogen-bond acceptors (Lipinski definition) is 6. The van der Waals surface area contributed by atoms with Crippen LogP contribution >= 0.6 is 0 Å². The summed E-state index contributed by atoms with van der Waals surface area (Å²) < 4.78 is 11.5. The molecule has 0 aliphatic carbocycles. The van der Waals surface area contributed by atoms with Gasteiger partial charge in [-0.1, -0.05) is 24.3 Å². The van der Waals surface area contributed by atoms with Crippen molar-refractivity contribution in [2.75, 3.05) is 26.2 Å². The molecular weight excluding hydrogens is 352 g/mol. The Labute approximate surface area is 164 Å². The summed E-state index contributed by atoms with van der Waals surface area (Å²) in [5, 5.41) is 0. The summed E-state index contributed by atoms with van der Waals surface area (Å²) in [4.78, 5) is 14.1. The van der Waals surface area contributed by atoms with Crippen LogP contribution in [0.4, 0.5) is 5.69 Å².